The quantitative estimate of drug-likeness (QED) is 0.597. The average Bonchev–Trinajstić information content (AvgIpc) is 2.75. The summed E-state index contributed by atoms with van der Waals surface area (Å²) in [7, 11) is 0. The molecule has 168 valence electrons. The smallest absolute Gasteiger partial charge is 0.256 e. The van der Waals surface area contributed by atoms with E-state index in [-0.39, 0.29) is 5.91 Å². The average molecular weight is 417 g/mol. The maximum atomic E-state index is 13.1. The fourth-order valence-corrected chi connectivity index (χ4v) is 4.85. The van der Waals surface area contributed by atoms with Crippen molar-refractivity contribution in [2.45, 2.75) is 83.8 Å². The van der Waals surface area contributed by atoms with E-state index >= 15 is 0 Å². The van der Waals surface area contributed by atoms with Crippen LogP contribution in [0.4, 0.5) is 5.69 Å². The van der Waals surface area contributed by atoms with Gasteiger partial charge in [0.25, 0.3) is 5.91 Å². The van der Waals surface area contributed by atoms with Crippen molar-refractivity contribution in [1.82, 2.24) is 4.90 Å². The van der Waals surface area contributed by atoms with Crippen LogP contribution in [0.25, 0.3) is 0 Å². The van der Waals surface area contributed by atoms with Gasteiger partial charge >= 0.3 is 0 Å². The lowest BCUT2D eigenvalue weighted by Crippen LogP contribution is -2.48. The molecule has 2 fully saturated rings. The second kappa shape index (κ2) is 11.1. The summed E-state index contributed by atoms with van der Waals surface area (Å²) in [5.74, 6) is 1.36. The molecule has 30 heavy (non-hydrogen) atoms. The van der Waals surface area contributed by atoms with E-state index in [0.29, 0.717) is 25.2 Å². The molecule has 5 heteroatoms. The molecule has 0 radical (unpaired) electrons. The molecule has 1 aliphatic heterocycles. The van der Waals surface area contributed by atoms with Gasteiger partial charge < -0.3 is 14.8 Å². The van der Waals surface area contributed by atoms with Gasteiger partial charge in [0.05, 0.1) is 0 Å². The molecule has 0 bridgehead atoms. The molecule has 1 amide bonds. The van der Waals surface area contributed by atoms with Gasteiger partial charge in [-0.3, -0.25) is 9.69 Å². The number of carbonyl (C=O) groups excluding carboxylic acids is 1. The number of piperidine rings is 1. The largest absolute Gasteiger partial charge is 0.492 e. The number of benzene rings is 1. The Bertz CT molecular complexity index is 663. The first-order chi connectivity index (χ1) is 14.5. The van der Waals surface area contributed by atoms with Crippen molar-refractivity contribution in [2.75, 3.05) is 31.6 Å². The molecule has 0 unspecified atom stereocenters. The van der Waals surface area contributed by atoms with Gasteiger partial charge in [0.2, 0.25) is 0 Å². The SMILES string of the molecule is CCCO[C@@]1(C(=O)Nc2ccc(OCCN3CCCC[C@@H]3C)cc2)CCC[C@@H](C)C1. The summed E-state index contributed by atoms with van der Waals surface area (Å²) >= 11 is 0. The summed E-state index contributed by atoms with van der Waals surface area (Å²) in [6, 6.07) is 8.40. The third-order valence-corrected chi connectivity index (χ3v) is 6.65. The monoisotopic (exact) mass is 416 g/mol. The highest BCUT2D eigenvalue weighted by Crippen LogP contribution is 2.36. The Morgan fingerprint density at radius 1 is 1.13 bits per heavy atom. The van der Waals surface area contributed by atoms with Gasteiger partial charge in [-0.1, -0.05) is 26.7 Å². The molecule has 3 rings (SSSR count). The molecular formula is C25H40N2O3. The second-order valence-electron chi connectivity index (χ2n) is 9.25. The Morgan fingerprint density at radius 2 is 1.93 bits per heavy atom. The van der Waals surface area contributed by atoms with E-state index in [1.807, 2.05) is 24.3 Å². The highest BCUT2D eigenvalue weighted by atomic mass is 16.5. The molecule has 5 nitrogen and oxygen atoms in total. The predicted molar refractivity (Wildman–Crippen MR) is 122 cm³/mol. The first-order valence-corrected chi connectivity index (χ1v) is 11.9. The molecule has 3 atom stereocenters. The maximum absolute atomic E-state index is 13.1. The Labute approximate surface area is 182 Å². The number of amides is 1. The molecular weight excluding hydrogens is 376 g/mol. The normalized spacial score (nSPS) is 27.6. The molecule has 1 aromatic carbocycles. The first-order valence-electron chi connectivity index (χ1n) is 11.9. The Kier molecular flexibility index (Phi) is 8.58. The first kappa shape index (κ1) is 23.1. The van der Waals surface area contributed by atoms with Crippen LogP contribution in [0.3, 0.4) is 0 Å². The highest BCUT2D eigenvalue weighted by molar-refractivity contribution is 5.97. The number of ether oxygens (including phenoxy) is 2. The van der Waals surface area contributed by atoms with Crippen LogP contribution in [0.5, 0.6) is 5.75 Å². The molecule has 0 aromatic heterocycles. The van der Waals surface area contributed by atoms with E-state index in [9.17, 15) is 4.79 Å². The van der Waals surface area contributed by atoms with Crippen LogP contribution in [0.2, 0.25) is 0 Å². The summed E-state index contributed by atoms with van der Waals surface area (Å²) in [5, 5.41) is 3.10. The van der Waals surface area contributed by atoms with Crippen molar-refractivity contribution in [2.24, 2.45) is 5.92 Å². The molecule has 1 saturated heterocycles. The molecule has 0 spiro atoms. The molecule has 1 heterocycles. The van der Waals surface area contributed by atoms with Gasteiger partial charge in [0.15, 0.2) is 0 Å². The third kappa shape index (κ3) is 6.21. The number of likely N-dealkylation sites (tertiary alicyclic amines) is 1. The van der Waals surface area contributed by atoms with Crippen LogP contribution >= 0.6 is 0 Å². The number of nitrogens with one attached hydrogen (secondary N) is 1. The van der Waals surface area contributed by atoms with E-state index in [1.165, 1.54) is 32.2 Å². The lowest BCUT2D eigenvalue weighted by molar-refractivity contribution is -0.148. The fourth-order valence-electron chi connectivity index (χ4n) is 4.85. The molecule has 1 N–H and O–H groups in total. The van der Waals surface area contributed by atoms with Crippen LogP contribution < -0.4 is 10.1 Å². The predicted octanol–water partition coefficient (Wildman–Crippen LogP) is 5.25. The lowest BCUT2D eigenvalue weighted by Gasteiger charge is -2.38. The number of anilines is 1. The zero-order valence-electron chi connectivity index (χ0n) is 19.1. The van der Waals surface area contributed by atoms with Gasteiger partial charge in [-0.05, 0) is 82.2 Å². The summed E-state index contributed by atoms with van der Waals surface area (Å²) < 4.78 is 12.1. The van der Waals surface area contributed by atoms with E-state index in [1.54, 1.807) is 0 Å². The van der Waals surface area contributed by atoms with E-state index in [0.717, 1.165) is 43.7 Å². The maximum Gasteiger partial charge on any atom is 0.256 e. The standard InChI is InChI=1S/C25H40N2O3/c1-4-17-30-25(14-7-8-20(2)19-25)24(28)26-22-10-12-23(13-11-22)29-18-16-27-15-6-5-9-21(27)3/h10-13,20-21H,4-9,14-19H2,1-3H3,(H,26,28)/t20-,21+,25+/m1/s1. The summed E-state index contributed by atoms with van der Waals surface area (Å²) in [4.78, 5) is 15.6. The number of hydrogen-bond acceptors (Lipinski definition) is 4. The number of nitrogens with zero attached hydrogens (tertiary/aromatic N) is 1. The zero-order valence-corrected chi connectivity index (χ0v) is 19.1. The summed E-state index contributed by atoms with van der Waals surface area (Å²) in [5.41, 5.74) is 0.114. The number of rotatable bonds is 9. The van der Waals surface area contributed by atoms with Crippen molar-refractivity contribution in [1.29, 1.82) is 0 Å². The van der Waals surface area contributed by atoms with Gasteiger partial charge in [-0.25, -0.2) is 0 Å². The lowest BCUT2D eigenvalue weighted by atomic mass is 9.78. The van der Waals surface area contributed by atoms with Crippen molar-refractivity contribution in [3.05, 3.63) is 24.3 Å². The van der Waals surface area contributed by atoms with E-state index in [4.69, 9.17) is 9.47 Å². The number of carbonyl (C=O) groups is 1. The summed E-state index contributed by atoms with van der Waals surface area (Å²) in [6.07, 6.45) is 8.67. The van der Waals surface area contributed by atoms with Crippen molar-refractivity contribution in [3.8, 4) is 5.75 Å². The molecule has 1 saturated carbocycles. The van der Waals surface area contributed by atoms with Crippen molar-refractivity contribution in [3.63, 3.8) is 0 Å². The summed E-state index contributed by atoms with van der Waals surface area (Å²) in [6.45, 7) is 10.1. The zero-order chi connectivity index (χ0) is 21.4. The molecule has 1 aliphatic carbocycles. The van der Waals surface area contributed by atoms with Gasteiger partial charge in [0, 0.05) is 24.9 Å². The Balaban J connectivity index is 1.51. The Hall–Kier alpha value is -1.59. The highest BCUT2D eigenvalue weighted by Gasteiger charge is 2.42. The van der Waals surface area contributed by atoms with Crippen molar-refractivity contribution < 1.29 is 14.3 Å². The Morgan fingerprint density at radius 3 is 2.63 bits per heavy atom. The van der Waals surface area contributed by atoms with Crippen LogP contribution in [0, 0.1) is 5.92 Å². The van der Waals surface area contributed by atoms with Crippen LogP contribution in [-0.4, -0.2) is 48.8 Å². The number of hydrogen-bond donors (Lipinski definition) is 1. The fraction of sp³-hybridized carbons (Fsp3) is 0.720. The third-order valence-electron chi connectivity index (χ3n) is 6.65. The van der Waals surface area contributed by atoms with Crippen molar-refractivity contribution >= 4 is 11.6 Å². The van der Waals surface area contributed by atoms with Gasteiger partial charge in [-0.2, -0.15) is 0 Å². The van der Waals surface area contributed by atoms with Crippen LogP contribution in [0.1, 0.15) is 72.1 Å². The molecule has 2 aliphatic rings. The topological polar surface area (TPSA) is 50.8 Å². The van der Waals surface area contributed by atoms with E-state index < -0.39 is 5.60 Å². The van der Waals surface area contributed by atoms with Gasteiger partial charge in [0.1, 0.15) is 18.0 Å². The van der Waals surface area contributed by atoms with E-state index in [2.05, 4.69) is 31.0 Å². The van der Waals surface area contributed by atoms with Crippen LogP contribution in [0.15, 0.2) is 24.3 Å². The minimum Gasteiger partial charge on any atom is -0.492 e. The second-order valence-corrected chi connectivity index (χ2v) is 9.25. The van der Waals surface area contributed by atoms with Gasteiger partial charge in [-0.15, -0.1) is 0 Å². The minimum atomic E-state index is -0.687. The minimum absolute atomic E-state index is 0.00439. The molecule has 1 aromatic rings. The van der Waals surface area contributed by atoms with Crippen LogP contribution in [-0.2, 0) is 9.53 Å².